The Morgan fingerprint density at radius 3 is 2.58 bits per heavy atom. The van der Waals surface area contributed by atoms with Crippen LogP contribution in [0.1, 0.15) is 18.5 Å². The average Bonchev–Trinajstić information content (AvgIpc) is 2.46. The molecule has 1 heterocycles. The van der Waals surface area contributed by atoms with Crippen LogP contribution >= 0.6 is 23.5 Å². The average molecular weight is 299 g/mol. The van der Waals surface area contributed by atoms with E-state index in [4.69, 9.17) is 15.2 Å². The Morgan fingerprint density at radius 2 is 1.95 bits per heavy atom. The molecule has 1 fully saturated rings. The third-order valence-electron chi connectivity index (χ3n) is 3.39. The molecule has 0 amide bonds. The van der Waals surface area contributed by atoms with Crippen molar-refractivity contribution in [2.45, 2.75) is 23.5 Å². The molecule has 1 aromatic carbocycles. The molecule has 3 atom stereocenters. The fourth-order valence-corrected chi connectivity index (χ4v) is 5.18. The largest absolute Gasteiger partial charge is 0.497 e. The molecule has 19 heavy (non-hydrogen) atoms. The lowest BCUT2D eigenvalue weighted by atomic mass is 10.0. The Balaban J connectivity index is 2.24. The van der Waals surface area contributed by atoms with Gasteiger partial charge in [-0.25, -0.2) is 0 Å². The summed E-state index contributed by atoms with van der Waals surface area (Å²) >= 11 is 3.97. The molecule has 3 nitrogen and oxygen atoms in total. The maximum Gasteiger partial charge on any atom is 0.127 e. The summed E-state index contributed by atoms with van der Waals surface area (Å²) in [6, 6.07) is 5.87. The second-order valence-corrected chi connectivity index (χ2v) is 7.32. The normalized spacial score (nSPS) is 24.8. The van der Waals surface area contributed by atoms with Crippen LogP contribution in [0.25, 0.3) is 0 Å². The first-order valence-electron chi connectivity index (χ1n) is 6.38. The Hall–Kier alpha value is -0.520. The minimum absolute atomic E-state index is 0.00587. The van der Waals surface area contributed by atoms with Gasteiger partial charge in [-0.05, 0) is 6.07 Å². The third-order valence-corrected chi connectivity index (χ3v) is 6.61. The molecule has 1 aliphatic rings. The van der Waals surface area contributed by atoms with Crippen LogP contribution in [-0.2, 0) is 0 Å². The van der Waals surface area contributed by atoms with E-state index in [9.17, 15) is 0 Å². The molecular weight excluding hydrogens is 278 g/mol. The van der Waals surface area contributed by atoms with Crippen molar-refractivity contribution in [2.75, 3.05) is 25.7 Å². The summed E-state index contributed by atoms with van der Waals surface area (Å²) in [5, 5.41) is 1.00. The van der Waals surface area contributed by atoms with E-state index in [1.54, 1.807) is 14.2 Å². The summed E-state index contributed by atoms with van der Waals surface area (Å²) in [4.78, 5) is 0. The van der Waals surface area contributed by atoms with Crippen LogP contribution < -0.4 is 15.2 Å². The van der Waals surface area contributed by atoms with Gasteiger partial charge in [0.1, 0.15) is 11.5 Å². The fraction of sp³-hybridized carbons (Fsp3) is 0.571. The van der Waals surface area contributed by atoms with Gasteiger partial charge in [0.15, 0.2) is 0 Å². The first-order valence-corrected chi connectivity index (χ1v) is 8.48. The molecule has 0 aromatic heterocycles. The molecule has 1 saturated heterocycles. The molecule has 0 saturated carbocycles. The first-order chi connectivity index (χ1) is 9.17. The van der Waals surface area contributed by atoms with Crippen molar-refractivity contribution in [2.24, 2.45) is 5.73 Å². The number of nitrogens with two attached hydrogens (primary N) is 1. The number of hydrogen-bond acceptors (Lipinski definition) is 5. The highest BCUT2D eigenvalue weighted by atomic mass is 32.2. The lowest BCUT2D eigenvalue weighted by Gasteiger charge is -2.33. The minimum Gasteiger partial charge on any atom is -0.497 e. The molecule has 0 aliphatic carbocycles. The molecule has 5 heteroatoms. The van der Waals surface area contributed by atoms with E-state index in [2.05, 4.69) is 6.92 Å². The summed E-state index contributed by atoms with van der Waals surface area (Å²) in [6.45, 7) is 2.26. The van der Waals surface area contributed by atoms with Gasteiger partial charge in [0.05, 0.1) is 14.2 Å². The summed E-state index contributed by atoms with van der Waals surface area (Å²) in [6.07, 6.45) is 0. The van der Waals surface area contributed by atoms with Gasteiger partial charge < -0.3 is 15.2 Å². The van der Waals surface area contributed by atoms with Crippen LogP contribution in [0, 0.1) is 0 Å². The summed E-state index contributed by atoms with van der Waals surface area (Å²) in [5.74, 6) is 4.00. The Labute approximate surface area is 123 Å². The molecule has 0 spiro atoms. The van der Waals surface area contributed by atoms with Crippen LogP contribution in [0.3, 0.4) is 0 Å². The third kappa shape index (κ3) is 3.33. The zero-order valence-electron chi connectivity index (χ0n) is 11.6. The van der Waals surface area contributed by atoms with Crippen molar-refractivity contribution in [1.82, 2.24) is 0 Å². The van der Waals surface area contributed by atoms with Crippen molar-refractivity contribution < 1.29 is 9.47 Å². The van der Waals surface area contributed by atoms with Crippen molar-refractivity contribution in [3.63, 3.8) is 0 Å². The smallest absolute Gasteiger partial charge is 0.127 e. The topological polar surface area (TPSA) is 44.5 Å². The van der Waals surface area contributed by atoms with Gasteiger partial charge in [-0.2, -0.15) is 23.5 Å². The maximum atomic E-state index is 6.47. The second kappa shape index (κ2) is 6.77. The van der Waals surface area contributed by atoms with Crippen molar-refractivity contribution in [3.05, 3.63) is 23.8 Å². The quantitative estimate of drug-likeness (QED) is 0.926. The molecule has 2 rings (SSSR count). The van der Waals surface area contributed by atoms with E-state index >= 15 is 0 Å². The fourth-order valence-electron chi connectivity index (χ4n) is 2.31. The van der Waals surface area contributed by atoms with Crippen molar-refractivity contribution >= 4 is 23.5 Å². The molecule has 0 radical (unpaired) electrons. The number of hydrogen-bond donors (Lipinski definition) is 1. The molecule has 0 bridgehead atoms. The van der Waals surface area contributed by atoms with Gasteiger partial charge in [0, 0.05) is 39.7 Å². The zero-order chi connectivity index (χ0) is 13.8. The molecule has 3 unspecified atom stereocenters. The number of benzene rings is 1. The van der Waals surface area contributed by atoms with E-state index in [1.807, 2.05) is 41.7 Å². The van der Waals surface area contributed by atoms with Gasteiger partial charge >= 0.3 is 0 Å². The Morgan fingerprint density at radius 1 is 1.21 bits per heavy atom. The Bertz CT molecular complexity index is 428. The second-order valence-electron chi connectivity index (χ2n) is 4.54. The van der Waals surface area contributed by atoms with E-state index in [1.165, 1.54) is 11.5 Å². The first kappa shape index (κ1) is 14.9. The zero-order valence-corrected chi connectivity index (χ0v) is 13.2. The molecular formula is C14H21NO2S2. The predicted molar refractivity (Wildman–Crippen MR) is 84.6 cm³/mol. The number of ether oxygens (including phenoxy) is 2. The van der Waals surface area contributed by atoms with Crippen LogP contribution in [0.5, 0.6) is 11.5 Å². The summed E-state index contributed by atoms with van der Waals surface area (Å²) in [5.41, 5.74) is 7.54. The molecule has 1 aromatic rings. The molecule has 2 N–H and O–H groups in total. The maximum absolute atomic E-state index is 6.47. The number of thioether (sulfide) groups is 2. The predicted octanol–water partition coefficient (Wildman–Crippen LogP) is 2.94. The van der Waals surface area contributed by atoms with Gasteiger partial charge in [-0.1, -0.05) is 13.0 Å². The number of rotatable bonds is 4. The lowest BCUT2D eigenvalue weighted by Crippen LogP contribution is -2.34. The highest BCUT2D eigenvalue weighted by Gasteiger charge is 2.30. The van der Waals surface area contributed by atoms with Gasteiger partial charge in [0.2, 0.25) is 0 Å². The van der Waals surface area contributed by atoms with Crippen molar-refractivity contribution in [3.8, 4) is 11.5 Å². The standard InChI is InChI=1S/C14H21NO2S2/c1-9-14(19-7-6-18-9)13(15)11-5-4-10(16-2)8-12(11)17-3/h4-5,8-9,13-14H,6-7,15H2,1-3H3. The van der Waals surface area contributed by atoms with Crippen LogP contribution in [0.4, 0.5) is 0 Å². The monoisotopic (exact) mass is 299 g/mol. The molecule has 106 valence electrons. The SMILES string of the molecule is COc1ccc(C(N)C2SCCSC2C)c(OC)c1. The van der Waals surface area contributed by atoms with Gasteiger partial charge in [-0.15, -0.1) is 0 Å². The van der Waals surface area contributed by atoms with Crippen LogP contribution in [0.15, 0.2) is 18.2 Å². The number of methoxy groups -OCH3 is 2. The van der Waals surface area contributed by atoms with E-state index in [0.717, 1.165) is 17.1 Å². The Kier molecular flexibility index (Phi) is 5.30. The minimum atomic E-state index is -0.00587. The lowest BCUT2D eigenvalue weighted by molar-refractivity contribution is 0.388. The van der Waals surface area contributed by atoms with Gasteiger partial charge in [0.25, 0.3) is 0 Å². The van der Waals surface area contributed by atoms with Crippen molar-refractivity contribution in [1.29, 1.82) is 0 Å². The summed E-state index contributed by atoms with van der Waals surface area (Å²) in [7, 11) is 3.33. The van der Waals surface area contributed by atoms with E-state index in [0.29, 0.717) is 10.5 Å². The highest BCUT2D eigenvalue weighted by Crippen LogP contribution is 2.40. The van der Waals surface area contributed by atoms with Crippen LogP contribution in [0.2, 0.25) is 0 Å². The van der Waals surface area contributed by atoms with E-state index in [-0.39, 0.29) is 6.04 Å². The summed E-state index contributed by atoms with van der Waals surface area (Å²) < 4.78 is 10.7. The van der Waals surface area contributed by atoms with Crippen LogP contribution in [-0.4, -0.2) is 36.2 Å². The highest BCUT2D eigenvalue weighted by molar-refractivity contribution is 8.07. The van der Waals surface area contributed by atoms with E-state index < -0.39 is 0 Å². The van der Waals surface area contributed by atoms with Gasteiger partial charge in [-0.3, -0.25) is 0 Å². The molecule has 1 aliphatic heterocycles.